The summed E-state index contributed by atoms with van der Waals surface area (Å²) in [4.78, 5) is 0. The Hall–Kier alpha value is -0.440. The van der Waals surface area contributed by atoms with E-state index >= 15 is 0 Å². The number of aliphatic hydroxyl groups excluding tert-OH is 7. The van der Waals surface area contributed by atoms with Gasteiger partial charge < -0.3 is 55.1 Å². The van der Waals surface area contributed by atoms with Crippen molar-refractivity contribution in [3.63, 3.8) is 0 Å². The molecule has 1 heterocycles. The zero-order chi connectivity index (χ0) is 17.7. The van der Waals surface area contributed by atoms with E-state index in [0.29, 0.717) is 0 Å². The first-order valence-electron chi connectivity index (χ1n) is 6.99. The first-order valence-corrected chi connectivity index (χ1v) is 6.99. The summed E-state index contributed by atoms with van der Waals surface area (Å²) in [5.74, 6) is 0. The van der Waals surface area contributed by atoms with Crippen LogP contribution < -0.4 is 0 Å². The number of ether oxygens (including phenoxy) is 3. The minimum Gasteiger partial charge on any atom is -0.394 e. The molecule has 1 aliphatic heterocycles. The summed E-state index contributed by atoms with van der Waals surface area (Å²) >= 11 is 0. The van der Waals surface area contributed by atoms with Gasteiger partial charge in [0.25, 0.3) is 0 Å². The second kappa shape index (κ2) is 9.15. The Kier molecular flexibility index (Phi) is 8.20. The van der Waals surface area contributed by atoms with E-state index in [0.717, 1.165) is 0 Å². The molecule has 0 saturated carbocycles. The Morgan fingerprint density at radius 3 is 2.09 bits per heavy atom. The fraction of sp³-hybridized carbons (Fsp3) is 1.00. The van der Waals surface area contributed by atoms with Crippen molar-refractivity contribution in [2.75, 3.05) is 13.2 Å². The van der Waals surface area contributed by atoms with Crippen molar-refractivity contribution in [3.8, 4) is 0 Å². The number of hydrogen-bond acceptors (Lipinski definition) is 11. The zero-order valence-corrected chi connectivity index (χ0v) is 12.4. The molecular formula is C12H24O11. The van der Waals surface area contributed by atoms with E-state index < -0.39 is 68.7 Å². The molecule has 8 atom stereocenters. The van der Waals surface area contributed by atoms with Crippen LogP contribution in [0.1, 0.15) is 6.92 Å². The van der Waals surface area contributed by atoms with Gasteiger partial charge in [-0.3, -0.25) is 0 Å². The molecule has 0 aromatic carbocycles. The van der Waals surface area contributed by atoms with E-state index in [1.807, 2.05) is 0 Å². The van der Waals surface area contributed by atoms with Crippen molar-refractivity contribution >= 4 is 0 Å². The van der Waals surface area contributed by atoms with Crippen LogP contribution in [0.15, 0.2) is 0 Å². The summed E-state index contributed by atoms with van der Waals surface area (Å²) < 4.78 is 15.0. The summed E-state index contributed by atoms with van der Waals surface area (Å²) in [6.45, 7) is -0.0742. The van der Waals surface area contributed by atoms with Crippen LogP contribution in [-0.2, 0) is 14.2 Å². The molecule has 1 fully saturated rings. The molecule has 0 aromatic rings. The Labute approximate surface area is 131 Å². The highest BCUT2D eigenvalue weighted by Gasteiger charge is 2.46. The smallest absolute Gasteiger partial charge is 0.209 e. The van der Waals surface area contributed by atoms with Crippen molar-refractivity contribution < 1.29 is 55.1 Å². The fourth-order valence-corrected chi connectivity index (χ4v) is 2.04. The molecule has 0 bridgehead atoms. The number of rotatable bonds is 8. The van der Waals surface area contributed by atoms with Gasteiger partial charge in [-0.25, -0.2) is 0 Å². The quantitative estimate of drug-likeness (QED) is 0.197. The molecule has 0 aromatic heterocycles. The molecule has 0 amide bonds. The van der Waals surface area contributed by atoms with Crippen molar-refractivity contribution in [1.29, 1.82) is 0 Å². The summed E-state index contributed by atoms with van der Waals surface area (Å²) in [7, 11) is 0. The number of aliphatic hydroxyl groups is 8. The van der Waals surface area contributed by atoms with Crippen molar-refractivity contribution in [1.82, 2.24) is 0 Å². The largest absolute Gasteiger partial charge is 0.394 e. The lowest BCUT2D eigenvalue weighted by molar-refractivity contribution is -0.349. The van der Waals surface area contributed by atoms with Gasteiger partial charge in [0.15, 0.2) is 6.29 Å². The van der Waals surface area contributed by atoms with Gasteiger partial charge in [0.1, 0.15) is 30.5 Å². The zero-order valence-electron chi connectivity index (χ0n) is 12.4. The van der Waals surface area contributed by atoms with Crippen molar-refractivity contribution in [3.05, 3.63) is 0 Å². The van der Waals surface area contributed by atoms with Gasteiger partial charge in [-0.2, -0.15) is 0 Å². The summed E-state index contributed by atoms with van der Waals surface area (Å²) in [6.07, 6.45) is -14.4. The van der Waals surface area contributed by atoms with Gasteiger partial charge in [-0.1, -0.05) is 0 Å². The molecule has 138 valence electrons. The lowest BCUT2D eigenvalue weighted by Gasteiger charge is -2.41. The van der Waals surface area contributed by atoms with E-state index in [9.17, 15) is 35.7 Å². The molecule has 1 aliphatic rings. The maximum Gasteiger partial charge on any atom is 0.209 e. The Balaban J connectivity index is 2.84. The molecule has 0 spiro atoms. The third kappa shape index (κ3) is 5.27. The van der Waals surface area contributed by atoms with Gasteiger partial charge in [0.2, 0.25) is 12.6 Å². The lowest BCUT2D eigenvalue weighted by Crippen LogP contribution is -2.61. The van der Waals surface area contributed by atoms with E-state index in [4.69, 9.17) is 19.3 Å². The van der Waals surface area contributed by atoms with E-state index in [-0.39, 0.29) is 0 Å². The second-order valence-electron chi connectivity index (χ2n) is 5.21. The van der Waals surface area contributed by atoms with Crippen molar-refractivity contribution in [2.45, 2.75) is 62.4 Å². The average molecular weight is 344 g/mol. The fourth-order valence-electron chi connectivity index (χ4n) is 2.04. The second-order valence-corrected chi connectivity index (χ2v) is 5.21. The van der Waals surface area contributed by atoms with Gasteiger partial charge in [-0.05, 0) is 6.92 Å². The molecule has 8 unspecified atom stereocenters. The summed E-state index contributed by atoms with van der Waals surface area (Å²) in [6, 6.07) is 0. The van der Waals surface area contributed by atoms with Gasteiger partial charge in [0.05, 0.1) is 19.3 Å². The molecule has 23 heavy (non-hydrogen) atoms. The standard InChI is InChI=1S/C12H24O11/c1-4(15)5(2-13)22-12(10(18)19)23-9-6(3-14)21-11(20)8(17)7(9)16/h4-20H,2-3H2,1H3. The molecule has 11 nitrogen and oxygen atoms in total. The van der Waals surface area contributed by atoms with Crippen LogP contribution in [0.4, 0.5) is 0 Å². The predicted octanol–water partition coefficient (Wildman–Crippen LogP) is -4.80. The SMILES string of the molecule is CC(O)C(CO)OC(OC1C(CO)OC(O)C(O)C1O)C(O)O. The third-order valence-electron chi connectivity index (χ3n) is 3.40. The maximum absolute atomic E-state index is 9.90. The molecular weight excluding hydrogens is 320 g/mol. The monoisotopic (exact) mass is 344 g/mol. The Morgan fingerprint density at radius 1 is 1.04 bits per heavy atom. The minimum atomic E-state index is -2.22. The lowest BCUT2D eigenvalue weighted by atomic mass is 9.99. The highest BCUT2D eigenvalue weighted by atomic mass is 16.7. The van der Waals surface area contributed by atoms with Gasteiger partial charge in [-0.15, -0.1) is 0 Å². The molecule has 0 radical (unpaired) electrons. The van der Waals surface area contributed by atoms with E-state index in [1.165, 1.54) is 6.92 Å². The van der Waals surface area contributed by atoms with Crippen LogP contribution in [0, 0.1) is 0 Å². The Morgan fingerprint density at radius 2 is 1.65 bits per heavy atom. The summed E-state index contributed by atoms with van der Waals surface area (Å²) in [5.41, 5.74) is 0. The molecule has 1 saturated heterocycles. The van der Waals surface area contributed by atoms with Gasteiger partial charge in [0, 0.05) is 0 Å². The third-order valence-corrected chi connectivity index (χ3v) is 3.40. The number of hydrogen-bond donors (Lipinski definition) is 8. The molecule has 1 rings (SSSR count). The van der Waals surface area contributed by atoms with Crippen LogP contribution in [0.25, 0.3) is 0 Å². The average Bonchev–Trinajstić information content (AvgIpc) is 2.49. The van der Waals surface area contributed by atoms with Crippen molar-refractivity contribution in [2.24, 2.45) is 0 Å². The van der Waals surface area contributed by atoms with Crippen LogP contribution >= 0.6 is 0 Å². The highest BCUT2D eigenvalue weighted by molar-refractivity contribution is 4.90. The normalized spacial score (nSPS) is 36.0. The predicted molar refractivity (Wildman–Crippen MR) is 70.5 cm³/mol. The van der Waals surface area contributed by atoms with Crippen LogP contribution in [-0.4, -0.2) is 110 Å². The highest BCUT2D eigenvalue weighted by Crippen LogP contribution is 2.24. The van der Waals surface area contributed by atoms with E-state index in [2.05, 4.69) is 0 Å². The van der Waals surface area contributed by atoms with E-state index in [1.54, 1.807) is 0 Å². The topological polar surface area (TPSA) is 190 Å². The maximum atomic E-state index is 9.90. The Bertz CT molecular complexity index is 337. The molecule has 0 aliphatic carbocycles. The first-order chi connectivity index (χ1) is 10.7. The van der Waals surface area contributed by atoms with Crippen LogP contribution in [0.2, 0.25) is 0 Å². The molecule has 11 heteroatoms. The van der Waals surface area contributed by atoms with Crippen LogP contribution in [0.3, 0.4) is 0 Å². The summed E-state index contributed by atoms with van der Waals surface area (Å²) in [5, 5.41) is 75.0. The first kappa shape index (κ1) is 20.6. The van der Waals surface area contributed by atoms with Crippen LogP contribution in [0.5, 0.6) is 0 Å². The van der Waals surface area contributed by atoms with Gasteiger partial charge >= 0.3 is 0 Å². The minimum absolute atomic E-state index is 0.654. The molecule has 8 N–H and O–H groups in total.